The maximum absolute atomic E-state index is 11.1. The summed E-state index contributed by atoms with van der Waals surface area (Å²) in [7, 11) is -4.77. The summed E-state index contributed by atoms with van der Waals surface area (Å²) in [5.41, 5.74) is 6.23. The van der Waals surface area contributed by atoms with Gasteiger partial charge in [0, 0.05) is 6.21 Å². The Hall–Kier alpha value is -1.66. The van der Waals surface area contributed by atoms with Crippen LogP contribution in [0.5, 0.6) is 0 Å². The van der Waals surface area contributed by atoms with Gasteiger partial charge < -0.3 is 35.4 Å². The third kappa shape index (κ3) is 6.56. The Morgan fingerprint density at radius 2 is 1.86 bits per heavy atom. The minimum absolute atomic E-state index is 0.322. The summed E-state index contributed by atoms with van der Waals surface area (Å²) in [6, 6.07) is 0. The second kappa shape index (κ2) is 11.2. The molecule has 3 bridgehead atoms. The fraction of sp³-hybridized carbons (Fsp3) is 0.773. The average molecular weight is 514 g/mol. The molecule has 12 nitrogen and oxygen atoms in total. The van der Waals surface area contributed by atoms with Gasteiger partial charge in [0.1, 0.15) is 41.5 Å². The van der Waals surface area contributed by atoms with Crippen molar-refractivity contribution in [2.75, 3.05) is 6.61 Å². The van der Waals surface area contributed by atoms with E-state index in [9.17, 15) is 14.8 Å². The number of dihydropyridines is 1. The molecular weight excluding hydrogens is 477 g/mol. The number of aliphatic hydroxyl groups is 2. The summed E-state index contributed by atoms with van der Waals surface area (Å²) >= 11 is 0. The smallest absolute Gasteiger partial charge is 0.387 e. The van der Waals surface area contributed by atoms with E-state index < -0.39 is 50.7 Å². The van der Waals surface area contributed by atoms with Gasteiger partial charge in [-0.2, -0.15) is 0 Å². The highest BCUT2D eigenvalue weighted by Crippen LogP contribution is 2.38. The monoisotopic (exact) mass is 513 g/mol. The number of rotatable bonds is 4. The van der Waals surface area contributed by atoms with E-state index in [2.05, 4.69) is 9.52 Å². The molecule has 0 radical (unpaired) electrons. The van der Waals surface area contributed by atoms with Gasteiger partial charge in [0.15, 0.2) is 6.23 Å². The third-order valence-electron chi connectivity index (χ3n) is 7.03. The highest BCUT2D eigenvalue weighted by molar-refractivity contribution is 7.46. The molecule has 0 saturated carbocycles. The molecule has 1 fully saturated rings. The first-order valence-corrected chi connectivity index (χ1v) is 13.8. The Kier molecular flexibility index (Phi) is 8.42. The van der Waals surface area contributed by atoms with Crippen LogP contribution in [0.4, 0.5) is 0 Å². The average Bonchev–Trinajstić information content (AvgIpc) is 3.09. The maximum atomic E-state index is 11.1. The van der Waals surface area contributed by atoms with E-state index in [0.717, 1.165) is 38.5 Å². The molecule has 6 unspecified atom stereocenters. The van der Waals surface area contributed by atoms with Gasteiger partial charge in [-0.3, -0.25) is 14.5 Å². The summed E-state index contributed by atoms with van der Waals surface area (Å²) in [4.78, 5) is 33.9. The molecule has 0 amide bonds. The molecule has 5 aliphatic heterocycles. The lowest BCUT2D eigenvalue weighted by Crippen LogP contribution is -2.49. The molecule has 35 heavy (non-hydrogen) atoms. The van der Waals surface area contributed by atoms with Gasteiger partial charge in [0.25, 0.3) is 0 Å². The van der Waals surface area contributed by atoms with Crippen LogP contribution in [0.15, 0.2) is 26.8 Å². The molecule has 6 atom stereocenters. The van der Waals surface area contributed by atoms with Crippen molar-refractivity contribution >= 4 is 26.2 Å². The second-order valence-corrected chi connectivity index (χ2v) is 10.9. The zero-order chi connectivity index (χ0) is 25.1. The lowest BCUT2D eigenvalue weighted by atomic mass is 9.88. The zero-order valence-electron chi connectivity index (χ0n) is 19.7. The number of fused-ring (bicyclic) bond motifs is 2. The summed E-state index contributed by atoms with van der Waals surface area (Å²) in [6.07, 6.45) is 9.63. The Labute approximate surface area is 204 Å². The van der Waals surface area contributed by atoms with E-state index in [1.165, 1.54) is 19.2 Å². The number of aliphatic hydroxyl groups excluding tert-OH is 2. The molecule has 0 aromatic carbocycles. The maximum Gasteiger partial charge on any atom is 0.469 e. The highest BCUT2D eigenvalue weighted by Gasteiger charge is 2.47. The van der Waals surface area contributed by atoms with Gasteiger partial charge in [-0.15, -0.1) is 0 Å². The zero-order valence-corrected chi connectivity index (χ0v) is 20.6. The van der Waals surface area contributed by atoms with Gasteiger partial charge in [-0.25, -0.2) is 9.56 Å². The van der Waals surface area contributed by atoms with Crippen molar-refractivity contribution in [1.29, 1.82) is 0 Å². The number of amidine groups is 1. The van der Waals surface area contributed by atoms with Crippen molar-refractivity contribution in [3.8, 4) is 0 Å². The van der Waals surface area contributed by atoms with E-state index >= 15 is 0 Å². The molecule has 5 aliphatic rings. The van der Waals surface area contributed by atoms with Crippen molar-refractivity contribution in [3.05, 3.63) is 11.8 Å². The summed E-state index contributed by atoms with van der Waals surface area (Å²) in [5.74, 6) is 0.322. The third-order valence-corrected chi connectivity index (χ3v) is 7.51. The molecule has 5 rings (SSSR count). The minimum atomic E-state index is -4.77. The number of nitrogens with two attached hydrogens (primary N) is 1. The van der Waals surface area contributed by atoms with Crippen LogP contribution in [0.2, 0.25) is 0 Å². The topological polar surface area (TPSA) is 183 Å². The summed E-state index contributed by atoms with van der Waals surface area (Å²) in [6.45, 7) is -0.578. The number of hydrogen-bond donors (Lipinski definition) is 5. The van der Waals surface area contributed by atoms with Gasteiger partial charge >= 0.3 is 7.82 Å². The molecule has 5 heterocycles. The molecule has 1 spiro atoms. The summed E-state index contributed by atoms with van der Waals surface area (Å²) in [5, 5.41) is 21.3. The lowest BCUT2D eigenvalue weighted by molar-refractivity contribution is -0.0808. The fourth-order valence-corrected chi connectivity index (χ4v) is 5.38. The first-order chi connectivity index (χ1) is 16.7. The highest BCUT2D eigenvalue weighted by atomic mass is 31.2. The molecule has 196 valence electrons. The van der Waals surface area contributed by atoms with Gasteiger partial charge in [0.2, 0.25) is 0 Å². The van der Waals surface area contributed by atoms with Gasteiger partial charge in [-0.05, 0) is 25.7 Å². The predicted octanol–water partition coefficient (Wildman–Crippen LogP) is 1.19. The minimum Gasteiger partial charge on any atom is -0.387 e. The Balaban J connectivity index is 1.64. The van der Waals surface area contributed by atoms with Crippen LogP contribution in [0, 0.1) is 0 Å². The Bertz CT molecular complexity index is 922. The lowest BCUT2D eigenvalue weighted by Gasteiger charge is -2.36. The van der Waals surface area contributed by atoms with Crippen molar-refractivity contribution in [1.82, 2.24) is 4.90 Å². The van der Waals surface area contributed by atoms with Gasteiger partial charge in [-0.1, -0.05) is 44.6 Å². The van der Waals surface area contributed by atoms with Crippen molar-refractivity contribution < 1.29 is 33.8 Å². The van der Waals surface area contributed by atoms with Crippen molar-refractivity contribution in [3.63, 3.8) is 0 Å². The largest absolute Gasteiger partial charge is 0.469 e. The Morgan fingerprint density at radius 1 is 1.14 bits per heavy atom. The number of hydrogen-bond acceptors (Lipinski definition) is 10. The summed E-state index contributed by atoms with van der Waals surface area (Å²) < 4.78 is 21.5. The number of aliphatic imine (C=N–C) groups is 3. The van der Waals surface area contributed by atoms with Crippen LogP contribution in [-0.2, 0) is 13.8 Å². The second-order valence-electron chi connectivity index (χ2n) is 9.69. The fourth-order valence-electron chi connectivity index (χ4n) is 5.04. The molecule has 6 N–H and O–H groups in total. The predicted molar refractivity (Wildman–Crippen MR) is 130 cm³/mol. The van der Waals surface area contributed by atoms with Crippen LogP contribution in [0.1, 0.15) is 64.2 Å². The van der Waals surface area contributed by atoms with Crippen LogP contribution >= 0.6 is 7.82 Å². The van der Waals surface area contributed by atoms with Gasteiger partial charge in [0.05, 0.1) is 12.9 Å². The number of phosphoric acid groups is 1. The standard InChI is InChI=1S/C22H36N5O7P/c23-20-15-9-11-22(26-20)10-7-5-3-1-2-4-6-8-17(24-13-22)27(14-25-15)21-19(29)18(28)16(34-21)12-33-35(30,31)32/h9,13-14,16-19,21,28-29H,1-8,10-12H2,(H2,23,26)(H2,30,31,32). The van der Waals surface area contributed by atoms with E-state index in [1.807, 2.05) is 12.3 Å². The first-order valence-electron chi connectivity index (χ1n) is 12.3. The van der Waals surface area contributed by atoms with E-state index in [0.29, 0.717) is 24.4 Å². The van der Waals surface area contributed by atoms with E-state index in [4.69, 9.17) is 30.2 Å². The van der Waals surface area contributed by atoms with E-state index in [-0.39, 0.29) is 0 Å². The van der Waals surface area contributed by atoms with Crippen molar-refractivity contribution in [2.24, 2.45) is 20.7 Å². The number of nitrogens with zero attached hydrogens (tertiary/aromatic N) is 4. The normalized spacial score (nSPS) is 36.8. The van der Waals surface area contributed by atoms with Crippen LogP contribution in [0.25, 0.3) is 0 Å². The van der Waals surface area contributed by atoms with Crippen LogP contribution < -0.4 is 5.73 Å². The molecule has 13 heteroatoms. The molecule has 0 aromatic heterocycles. The first kappa shape index (κ1) is 26.4. The number of ether oxygens (including phenoxy) is 1. The van der Waals surface area contributed by atoms with Crippen molar-refractivity contribution in [2.45, 2.75) is 100 Å². The molecule has 0 aromatic rings. The molecule has 1 saturated heterocycles. The van der Waals surface area contributed by atoms with Crippen LogP contribution in [-0.4, -0.2) is 86.1 Å². The number of phosphoric ester groups is 1. The quantitative estimate of drug-likeness (QED) is 0.345. The molecular formula is C22H36N5O7P. The van der Waals surface area contributed by atoms with Crippen LogP contribution in [0.3, 0.4) is 0 Å². The SMILES string of the molecule is NC1=NC23C=NC(CCCCCCCCC2)N(C2OC(COP(=O)(O)O)C(O)C2O)C=NC1=CC3. The molecule has 0 aliphatic carbocycles. The Morgan fingerprint density at radius 3 is 2.57 bits per heavy atom. The van der Waals surface area contributed by atoms with E-state index in [1.54, 1.807) is 4.90 Å².